The summed E-state index contributed by atoms with van der Waals surface area (Å²) in [7, 11) is 0. The van der Waals surface area contributed by atoms with Gasteiger partial charge in [-0.1, -0.05) is 60.7 Å². The van der Waals surface area contributed by atoms with Crippen LogP contribution in [-0.2, 0) is 14.3 Å². The predicted octanol–water partition coefficient (Wildman–Crippen LogP) is 3.46. The zero-order chi connectivity index (χ0) is 22.9. The summed E-state index contributed by atoms with van der Waals surface area (Å²) in [5.74, 6) is -0.866. The first-order valence-electron chi connectivity index (χ1n) is 10.9. The summed E-state index contributed by atoms with van der Waals surface area (Å²) in [6, 6.07) is 15.2. The Morgan fingerprint density at radius 1 is 1.03 bits per heavy atom. The van der Waals surface area contributed by atoms with Crippen molar-refractivity contribution < 1.29 is 24.2 Å². The van der Waals surface area contributed by atoms with E-state index >= 15 is 0 Å². The minimum atomic E-state index is -0.983. The molecule has 170 valence electrons. The van der Waals surface area contributed by atoms with Crippen LogP contribution in [0, 0.1) is 5.92 Å². The van der Waals surface area contributed by atoms with Gasteiger partial charge in [-0.05, 0) is 28.7 Å². The Balaban J connectivity index is 1.17. The van der Waals surface area contributed by atoms with E-state index in [9.17, 15) is 19.5 Å². The van der Waals surface area contributed by atoms with Crippen LogP contribution in [0.5, 0.6) is 0 Å². The number of ether oxygens (including phenoxy) is 1. The van der Waals surface area contributed by atoms with Gasteiger partial charge in [0.05, 0.1) is 17.8 Å². The Bertz CT molecular complexity index is 1090. The van der Waals surface area contributed by atoms with Crippen LogP contribution in [0.15, 0.2) is 60.7 Å². The molecule has 2 aromatic carbocycles. The number of carboxylic acid groups (broad SMARTS) is 1. The highest BCUT2D eigenvalue weighted by Crippen LogP contribution is 2.44. The third-order valence-corrected chi connectivity index (χ3v) is 7.51. The fourth-order valence-electron chi connectivity index (χ4n) is 4.86. The Kier molecular flexibility index (Phi) is 5.85. The van der Waals surface area contributed by atoms with E-state index in [0.29, 0.717) is 18.1 Å². The van der Waals surface area contributed by atoms with Gasteiger partial charge in [-0.15, -0.1) is 11.8 Å². The number of thioether (sulfide) groups is 1. The number of carbonyl (C=O) groups excluding carboxylic acids is 2. The van der Waals surface area contributed by atoms with Crippen molar-refractivity contribution in [3.63, 3.8) is 0 Å². The molecule has 0 radical (unpaired) electrons. The zero-order valence-electron chi connectivity index (χ0n) is 17.8. The molecule has 2 aliphatic carbocycles. The summed E-state index contributed by atoms with van der Waals surface area (Å²) in [5, 5.41) is 12.1. The second kappa shape index (κ2) is 8.94. The minimum Gasteiger partial charge on any atom is -0.480 e. The number of fused-ring (bicyclic) bond motifs is 3. The summed E-state index contributed by atoms with van der Waals surface area (Å²) in [6.07, 6.45) is 3.40. The molecule has 0 saturated carbocycles. The van der Waals surface area contributed by atoms with Crippen molar-refractivity contribution in [2.75, 3.05) is 18.2 Å². The molecular formula is C25H24N2O5S. The van der Waals surface area contributed by atoms with E-state index in [2.05, 4.69) is 29.6 Å². The number of alkyl carbamates (subject to hydrolysis) is 1. The fraction of sp³-hybridized carbons (Fsp3) is 0.320. The van der Waals surface area contributed by atoms with Crippen LogP contribution in [0.1, 0.15) is 23.5 Å². The molecule has 8 heteroatoms. The monoisotopic (exact) mass is 464 g/mol. The number of hydrogen-bond donors (Lipinski definition) is 2. The van der Waals surface area contributed by atoms with Crippen molar-refractivity contribution in [3.05, 3.63) is 71.8 Å². The summed E-state index contributed by atoms with van der Waals surface area (Å²) < 4.78 is 5.59. The van der Waals surface area contributed by atoms with E-state index in [4.69, 9.17) is 4.74 Å². The van der Waals surface area contributed by atoms with E-state index in [-0.39, 0.29) is 24.5 Å². The first-order chi connectivity index (χ1) is 16.0. The fourth-order valence-corrected chi connectivity index (χ4v) is 6.01. The van der Waals surface area contributed by atoms with Crippen molar-refractivity contribution in [1.82, 2.24) is 10.2 Å². The molecule has 3 atom stereocenters. The molecule has 1 saturated heterocycles. The van der Waals surface area contributed by atoms with E-state index in [1.165, 1.54) is 27.8 Å². The Labute approximate surface area is 195 Å². The van der Waals surface area contributed by atoms with E-state index in [1.54, 1.807) is 12.2 Å². The highest BCUT2D eigenvalue weighted by molar-refractivity contribution is 7.99. The van der Waals surface area contributed by atoms with Gasteiger partial charge < -0.3 is 20.1 Å². The summed E-state index contributed by atoms with van der Waals surface area (Å²) >= 11 is 1.44. The first kappa shape index (κ1) is 21.6. The minimum absolute atomic E-state index is 0.0165. The molecule has 0 aromatic heterocycles. The standard InChI is InChI=1S/C25H24N2O5S/c28-23(27-14-33-13-22(27)24(29)30)15-9-10-16(11-15)26-25(31)32-12-21-19-7-3-1-5-17(19)18-6-2-4-8-20(18)21/h1-10,15-16,21-22H,11-14H2,(H,26,31)(H,29,30)/t15?,16?,22-/m0/s1. The Morgan fingerprint density at radius 2 is 1.70 bits per heavy atom. The van der Waals surface area contributed by atoms with Gasteiger partial charge in [0.15, 0.2) is 0 Å². The van der Waals surface area contributed by atoms with Gasteiger partial charge in [0.2, 0.25) is 5.91 Å². The van der Waals surface area contributed by atoms with E-state index in [1.807, 2.05) is 24.3 Å². The van der Waals surface area contributed by atoms with Gasteiger partial charge >= 0.3 is 12.1 Å². The van der Waals surface area contributed by atoms with Gasteiger partial charge in [0.1, 0.15) is 12.6 Å². The molecule has 1 fully saturated rings. The number of nitrogens with one attached hydrogen (secondary N) is 1. The molecule has 2 aromatic rings. The molecule has 2 N–H and O–H groups in total. The third kappa shape index (κ3) is 4.11. The molecule has 0 spiro atoms. The molecule has 5 rings (SSSR count). The normalized spacial score (nSPS) is 23.3. The summed E-state index contributed by atoms with van der Waals surface area (Å²) in [4.78, 5) is 38.1. The van der Waals surface area contributed by atoms with E-state index < -0.39 is 24.0 Å². The van der Waals surface area contributed by atoms with Crippen LogP contribution in [0.4, 0.5) is 4.79 Å². The average Bonchev–Trinajstić information content (AvgIpc) is 3.55. The second-order valence-corrected chi connectivity index (χ2v) is 9.47. The van der Waals surface area contributed by atoms with Gasteiger partial charge in [0, 0.05) is 11.7 Å². The maximum atomic E-state index is 12.8. The molecule has 2 amide bonds. The highest BCUT2D eigenvalue weighted by atomic mass is 32.2. The maximum absolute atomic E-state index is 12.8. The number of benzene rings is 2. The third-order valence-electron chi connectivity index (χ3n) is 6.50. The summed E-state index contributed by atoms with van der Waals surface area (Å²) in [5.41, 5.74) is 4.63. The Hall–Kier alpha value is -3.26. The number of carboxylic acids is 1. The molecule has 1 aliphatic heterocycles. The molecule has 3 aliphatic rings. The first-order valence-corrected chi connectivity index (χ1v) is 12.1. The number of aliphatic carboxylic acids is 1. The van der Waals surface area contributed by atoms with Crippen LogP contribution >= 0.6 is 11.8 Å². The number of nitrogens with zero attached hydrogens (tertiary/aromatic N) is 1. The lowest BCUT2D eigenvalue weighted by molar-refractivity contribution is -0.148. The van der Waals surface area contributed by atoms with Crippen molar-refractivity contribution in [2.24, 2.45) is 5.92 Å². The van der Waals surface area contributed by atoms with Crippen LogP contribution in [0.25, 0.3) is 11.1 Å². The molecule has 1 heterocycles. The number of carbonyl (C=O) groups is 3. The molecule has 7 nitrogen and oxygen atoms in total. The van der Waals surface area contributed by atoms with Crippen molar-refractivity contribution in [1.29, 1.82) is 0 Å². The average molecular weight is 465 g/mol. The molecule has 0 bridgehead atoms. The highest BCUT2D eigenvalue weighted by Gasteiger charge is 2.39. The van der Waals surface area contributed by atoms with Crippen molar-refractivity contribution in [2.45, 2.75) is 24.4 Å². The number of amides is 2. The number of hydrogen-bond acceptors (Lipinski definition) is 5. The largest absolute Gasteiger partial charge is 0.480 e. The predicted molar refractivity (Wildman–Crippen MR) is 125 cm³/mol. The van der Waals surface area contributed by atoms with Crippen molar-refractivity contribution >= 4 is 29.7 Å². The second-order valence-electron chi connectivity index (χ2n) is 8.47. The zero-order valence-corrected chi connectivity index (χ0v) is 18.7. The van der Waals surface area contributed by atoms with E-state index in [0.717, 1.165) is 11.1 Å². The van der Waals surface area contributed by atoms with Gasteiger partial charge in [0.25, 0.3) is 0 Å². The molecule has 33 heavy (non-hydrogen) atoms. The van der Waals surface area contributed by atoms with Crippen molar-refractivity contribution in [3.8, 4) is 11.1 Å². The van der Waals surface area contributed by atoms with Crippen LogP contribution in [-0.4, -0.2) is 58.3 Å². The lowest BCUT2D eigenvalue weighted by Crippen LogP contribution is -2.44. The van der Waals surface area contributed by atoms with Gasteiger partial charge in [-0.2, -0.15) is 0 Å². The molecule has 2 unspecified atom stereocenters. The quantitative estimate of drug-likeness (QED) is 0.658. The maximum Gasteiger partial charge on any atom is 0.407 e. The van der Waals surface area contributed by atoms with Crippen LogP contribution < -0.4 is 5.32 Å². The van der Waals surface area contributed by atoms with Crippen LogP contribution in [0.2, 0.25) is 0 Å². The lowest BCUT2D eigenvalue weighted by atomic mass is 9.98. The number of rotatable bonds is 5. The SMILES string of the molecule is O=C(NC1C=CC(C(=O)N2CSC[C@H]2C(=O)O)C1)OCC1c2ccccc2-c2ccccc21. The smallest absolute Gasteiger partial charge is 0.407 e. The summed E-state index contributed by atoms with van der Waals surface area (Å²) in [6.45, 7) is 0.226. The van der Waals surface area contributed by atoms with Gasteiger partial charge in [-0.25, -0.2) is 9.59 Å². The lowest BCUT2D eigenvalue weighted by Gasteiger charge is -2.23. The van der Waals surface area contributed by atoms with Gasteiger partial charge in [-0.3, -0.25) is 4.79 Å². The topological polar surface area (TPSA) is 95.9 Å². The van der Waals surface area contributed by atoms with Crippen LogP contribution in [0.3, 0.4) is 0 Å². The Morgan fingerprint density at radius 3 is 2.36 bits per heavy atom. The molecular weight excluding hydrogens is 440 g/mol.